The van der Waals surface area contributed by atoms with Gasteiger partial charge in [0.05, 0.1) is 11.0 Å². The normalized spacial score (nSPS) is 25.1. The van der Waals surface area contributed by atoms with E-state index in [4.69, 9.17) is 4.18 Å². The van der Waals surface area contributed by atoms with Gasteiger partial charge in [0.15, 0.2) is 0 Å². The van der Waals surface area contributed by atoms with Crippen LogP contribution in [-0.4, -0.2) is 20.7 Å². The Bertz CT molecular complexity index is 461. The molecule has 0 unspecified atom stereocenters. The quantitative estimate of drug-likeness (QED) is 0.765. The van der Waals surface area contributed by atoms with Crippen LogP contribution in [0.4, 0.5) is 4.39 Å². The molecule has 1 saturated carbocycles. The van der Waals surface area contributed by atoms with Crippen molar-refractivity contribution in [3.8, 4) is 0 Å². The van der Waals surface area contributed by atoms with E-state index in [1.807, 2.05) is 6.92 Å². The first kappa shape index (κ1) is 11.5. The zero-order chi connectivity index (χ0) is 11.8. The fourth-order valence-corrected chi connectivity index (χ4v) is 2.62. The summed E-state index contributed by atoms with van der Waals surface area (Å²) in [6, 6.07) is 6.40. The maximum Gasteiger partial charge on any atom is 0.297 e. The Labute approximate surface area is 94.4 Å². The Balaban J connectivity index is 2.10. The maximum atomic E-state index is 12.5. The van der Waals surface area contributed by atoms with Crippen LogP contribution in [0.1, 0.15) is 18.4 Å². The molecule has 0 spiro atoms. The van der Waals surface area contributed by atoms with Crippen molar-refractivity contribution >= 4 is 10.1 Å². The summed E-state index contributed by atoms with van der Waals surface area (Å²) in [7, 11) is -3.73. The highest BCUT2D eigenvalue weighted by Crippen LogP contribution is 2.29. The molecule has 0 aromatic heterocycles. The minimum atomic E-state index is -3.73. The summed E-state index contributed by atoms with van der Waals surface area (Å²) in [6.45, 7) is 1.87. The van der Waals surface area contributed by atoms with Crippen LogP contribution >= 0.6 is 0 Å². The highest BCUT2D eigenvalue weighted by Gasteiger charge is 2.34. The van der Waals surface area contributed by atoms with Gasteiger partial charge >= 0.3 is 0 Å². The van der Waals surface area contributed by atoms with Crippen LogP contribution in [-0.2, 0) is 14.3 Å². The lowest BCUT2D eigenvalue weighted by Crippen LogP contribution is -2.34. The lowest BCUT2D eigenvalue weighted by atomic mass is 9.94. The Morgan fingerprint density at radius 3 is 2.31 bits per heavy atom. The highest BCUT2D eigenvalue weighted by molar-refractivity contribution is 7.86. The van der Waals surface area contributed by atoms with Gasteiger partial charge in [-0.3, -0.25) is 4.18 Å². The van der Waals surface area contributed by atoms with Crippen molar-refractivity contribution in [3.05, 3.63) is 29.8 Å². The molecule has 0 heterocycles. The van der Waals surface area contributed by atoms with E-state index >= 15 is 0 Å². The fraction of sp³-hybridized carbons (Fsp3) is 0.455. The van der Waals surface area contributed by atoms with Crippen LogP contribution < -0.4 is 0 Å². The molecule has 1 aromatic carbocycles. The Kier molecular flexibility index (Phi) is 2.99. The number of aryl methyl sites for hydroxylation is 1. The summed E-state index contributed by atoms with van der Waals surface area (Å²) < 4.78 is 40.8. The second-order valence-electron chi connectivity index (χ2n) is 4.05. The third-order valence-electron chi connectivity index (χ3n) is 2.61. The summed E-state index contributed by atoms with van der Waals surface area (Å²) in [4.78, 5) is 0.125. The molecule has 2 rings (SSSR count). The molecule has 0 N–H and O–H groups in total. The van der Waals surface area contributed by atoms with Crippen LogP contribution in [0.25, 0.3) is 0 Å². The van der Waals surface area contributed by atoms with Gasteiger partial charge < -0.3 is 0 Å². The SMILES string of the molecule is Cc1ccc(S(=O)(=O)O[C@H]2C[C@H](F)C2)cc1. The van der Waals surface area contributed by atoms with Gasteiger partial charge in [-0.1, -0.05) is 17.7 Å². The summed E-state index contributed by atoms with van der Waals surface area (Å²) in [5.41, 5.74) is 0.978. The predicted octanol–water partition coefficient (Wildman–Crippen LogP) is 2.20. The zero-order valence-electron chi connectivity index (χ0n) is 8.89. The van der Waals surface area contributed by atoms with Crippen molar-refractivity contribution in [2.24, 2.45) is 0 Å². The minimum absolute atomic E-state index is 0.125. The summed E-state index contributed by atoms with van der Waals surface area (Å²) >= 11 is 0. The van der Waals surface area contributed by atoms with Crippen LogP contribution in [0, 0.1) is 6.92 Å². The van der Waals surface area contributed by atoms with Gasteiger partial charge in [0, 0.05) is 12.8 Å². The molecule has 1 aliphatic rings. The average molecular weight is 244 g/mol. The van der Waals surface area contributed by atoms with Gasteiger partial charge in [0.2, 0.25) is 0 Å². The molecule has 0 aliphatic heterocycles. The van der Waals surface area contributed by atoms with E-state index in [0.29, 0.717) is 0 Å². The molecule has 88 valence electrons. The number of hydrogen-bond donors (Lipinski definition) is 0. The van der Waals surface area contributed by atoms with E-state index in [-0.39, 0.29) is 17.7 Å². The summed E-state index contributed by atoms with van der Waals surface area (Å²) in [5, 5.41) is 0. The molecule has 5 heteroatoms. The van der Waals surface area contributed by atoms with Crippen LogP contribution in [0.5, 0.6) is 0 Å². The third kappa shape index (κ3) is 2.41. The van der Waals surface area contributed by atoms with E-state index < -0.39 is 22.4 Å². The van der Waals surface area contributed by atoms with Crippen LogP contribution in [0.2, 0.25) is 0 Å². The lowest BCUT2D eigenvalue weighted by Gasteiger charge is -2.28. The van der Waals surface area contributed by atoms with Gasteiger partial charge in [-0.2, -0.15) is 8.42 Å². The van der Waals surface area contributed by atoms with Crippen molar-refractivity contribution in [2.45, 2.75) is 36.9 Å². The van der Waals surface area contributed by atoms with E-state index in [1.165, 1.54) is 12.1 Å². The molecule has 1 aromatic rings. The van der Waals surface area contributed by atoms with Crippen molar-refractivity contribution in [3.63, 3.8) is 0 Å². The molecule has 1 fully saturated rings. The largest absolute Gasteiger partial charge is 0.297 e. The second-order valence-corrected chi connectivity index (χ2v) is 5.63. The molecule has 0 saturated heterocycles. The second kappa shape index (κ2) is 4.14. The maximum absolute atomic E-state index is 12.5. The molecule has 0 amide bonds. The summed E-state index contributed by atoms with van der Waals surface area (Å²) in [5.74, 6) is 0. The molecular weight excluding hydrogens is 231 g/mol. The Morgan fingerprint density at radius 2 is 1.81 bits per heavy atom. The smallest absolute Gasteiger partial charge is 0.263 e. The molecule has 0 atom stereocenters. The first-order valence-electron chi connectivity index (χ1n) is 5.11. The van der Waals surface area contributed by atoms with Crippen molar-refractivity contribution in [1.29, 1.82) is 0 Å². The number of benzene rings is 1. The topological polar surface area (TPSA) is 43.4 Å². The number of hydrogen-bond acceptors (Lipinski definition) is 3. The van der Waals surface area contributed by atoms with Crippen LogP contribution in [0.15, 0.2) is 29.2 Å². The highest BCUT2D eigenvalue weighted by atomic mass is 32.2. The van der Waals surface area contributed by atoms with Gasteiger partial charge in [0.1, 0.15) is 6.17 Å². The number of alkyl halides is 1. The Morgan fingerprint density at radius 1 is 1.25 bits per heavy atom. The molecule has 1 aliphatic carbocycles. The standard InChI is InChI=1S/C11H13FO3S/c1-8-2-4-11(5-3-8)16(13,14)15-10-6-9(12)7-10/h2-5,9-10H,6-7H2,1H3/t9-,10-. The monoisotopic (exact) mass is 244 g/mol. The predicted molar refractivity (Wildman–Crippen MR) is 57.4 cm³/mol. The van der Waals surface area contributed by atoms with Gasteiger partial charge in [-0.25, -0.2) is 4.39 Å². The van der Waals surface area contributed by atoms with Crippen molar-refractivity contribution < 1.29 is 17.0 Å². The minimum Gasteiger partial charge on any atom is -0.263 e. The first-order valence-corrected chi connectivity index (χ1v) is 6.52. The fourth-order valence-electron chi connectivity index (χ4n) is 1.52. The zero-order valence-corrected chi connectivity index (χ0v) is 9.71. The molecule has 16 heavy (non-hydrogen) atoms. The van der Waals surface area contributed by atoms with Crippen LogP contribution in [0.3, 0.4) is 0 Å². The number of halogens is 1. The van der Waals surface area contributed by atoms with Gasteiger partial charge in [-0.15, -0.1) is 0 Å². The molecular formula is C11H13FO3S. The van der Waals surface area contributed by atoms with Crippen molar-refractivity contribution in [2.75, 3.05) is 0 Å². The average Bonchev–Trinajstić information content (AvgIpc) is 2.15. The number of rotatable bonds is 3. The lowest BCUT2D eigenvalue weighted by molar-refractivity contribution is 0.0460. The molecule has 0 bridgehead atoms. The third-order valence-corrected chi connectivity index (χ3v) is 3.98. The van der Waals surface area contributed by atoms with Gasteiger partial charge in [0.25, 0.3) is 10.1 Å². The summed E-state index contributed by atoms with van der Waals surface area (Å²) in [6.07, 6.45) is -1.07. The van der Waals surface area contributed by atoms with E-state index in [0.717, 1.165) is 5.56 Å². The van der Waals surface area contributed by atoms with E-state index in [1.54, 1.807) is 12.1 Å². The Hall–Kier alpha value is -0.940. The molecule has 0 radical (unpaired) electrons. The van der Waals surface area contributed by atoms with Gasteiger partial charge in [-0.05, 0) is 19.1 Å². The molecule has 3 nitrogen and oxygen atoms in total. The van der Waals surface area contributed by atoms with E-state index in [9.17, 15) is 12.8 Å². The van der Waals surface area contributed by atoms with Crippen molar-refractivity contribution in [1.82, 2.24) is 0 Å². The van der Waals surface area contributed by atoms with E-state index in [2.05, 4.69) is 0 Å². The first-order chi connectivity index (χ1) is 7.47.